The Hall–Kier alpha value is -2.23. The van der Waals surface area contributed by atoms with Crippen LogP contribution in [-0.4, -0.2) is 23.2 Å². The average molecular weight is 399 g/mol. The smallest absolute Gasteiger partial charge is 0.160 e. The molecule has 27 heavy (non-hydrogen) atoms. The molecule has 5 heteroatoms. The summed E-state index contributed by atoms with van der Waals surface area (Å²) in [6.45, 7) is 2.29. The first-order valence-corrected chi connectivity index (χ1v) is 9.88. The molecule has 0 radical (unpaired) electrons. The summed E-state index contributed by atoms with van der Waals surface area (Å²) in [7, 11) is 0. The number of nitrogens with zero attached hydrogens (tertiary/aromatic N) is 2. The first kappa shape index (κ1) is 18.1. The lowest BCUT2D eigenvalue weighted by Crippen LogP contribution is -2.29. The molecule has 1 aliphatic rings. The van der Waals surface area contributed by atoms with Crippen LogP contribution in [0.2, 0.25) is 10.0 Å². The van der Waals surface area contributed by atoms with Crippen molar-refractivity contribution in [2.24, 2.45) is 0 Å². The number of rotatable bonds is 3. The molecular formula is C22H20Cl2N2O. The largest absolute Gasteiger partial charge is 0.504 e. The highest BCUT2D eigenvalue weighted by Gasteiger charge is 2.11. The minimum Gasteiger partial charge on any atom is -0.504 e. The van der Waals surface area contributed by atoms with Crippen LogP contribution >= 0.6 is 23.2 Å². The van der Waals surface area contributed by atoms with Crippen LogP contribution in [0.3, 0.4) is 0 Å². The molecule has 2 aromatic carbocycles. The summed E-state index contributed by atoms with van der Waals surface area (Å²) in [5, 5.41) is 11.5. The fourth-order valence-electron chi connectivity index (χ4n) is 3.44. The molecule has 4 rings (SSSR count). The lowest BCUT2D eigenvalue weighted by Gasteiger charge is -2.28. The number of aromatic nitrogens is 1. The second-order valence-electron chi connectivity index (χ2n) is 6.79. The number of halogens is 2. The Morgan fingerprint density at radius 3 is 2.37 bits per heavy atom. The van der Waals surface area contributed by atoms with Crippen molar-refractivity contribution in [1.82, 2.24) is 4.98 Å². The molecule has 0 unspecified atom stereocenters. The Balaban J connectivity index is 1.56. The van der Waals surface area contributed by atoms with Crippen molar-refractivity contribution in [1.29, 1.82) is 0 Å². The summed E-state index contributed by atoms with van der Waals surface area (Å²) in [6, 6.07) is 13.8. The second-order valence-corrected chi connectivity index (χ2v) is 7.61. The van der Waals surface area contributed by atoms with Gasteiger partial charge in [-0.2, -0.15) is 0 Å². The first-order chi connectivity index (χ1) is 13.1. The number of phenolic OH excluding ortho intramolecular Hbond substituents is 1. The number of fused-ring (bicyclic) bond motifs is 1. The van der Waals surface area contributed by atoms with Gasteiger partial charge in [0.15, 0.2) is 5.75 Å². The van der Waals surface area contributed by atoms with Gasteiger partial charge in [-0.1, -0.05) is 41.4 Å². The number of piperidine rings is 1. The van der Waals surface area contributed by atoms with E-state index in [1.54, 1.807) is 0 Å². The minimum atomic E-state index is -0.0443. The van der Waals surface area contributed by atoms with Crippen LogP contribution in [-0.2, 0) is 0 Å². The van der Waals surface area contributed by atoms with E-state index in [0.29, 0.717) is 15.9 Å². The summed E-state index contributed by atoms with van der Waals surface area (Å²) >= 11 is 12.2. The summed E-state index contributed by atoms with van der Waals surface area (Å²) in [5.74, 6) is -0.0443. The van der Waals surface area contributed by atoms with Gasteiger partial charge >= 0.3 is 0 Å². The summed E-state index contributed by atoms with van der Waals surface area (Å²) in [6.07, 6.45) is 7.81. The molecule has 1 N–H and O–H groups in total. The van der Waals surface area contributed by atoms with Crippen molar-refractivity contribution >= 4 is 51.9 Å². The van der Waals surface area contributed by atoms with Gasteiger partial charge in [0, 0.05) is 24.2 Å². The zero-order chi connectivity index (χ0) is 18.8. The van der Waals surface area contributed by atoms with Crippen LogP contribution in [0.15, 0.2) is 42.5 Å². The highest BCUT2D eigenvalue weighted by Crippen LogP contribution is 2.36. The van der Waals surface area contributed by atoms with Crippen molar-refractivity contribution < 1.29 is 5.11 Å². The summed E-state index contributed by atoms with van der Waals surface area (Å²) < 4.78 is 0. The third kappa shape index (κ3) is 3.90. The van der Waals surface area contributed by atoms with Crippen LogP contribution in [0.25, 0.3) is 23.1 Å². The molecule has 2 heterocycles. The van der Waals surface area contributed by atoms with Crippen molar-refractivity contribution in [3.8, 4) is 5.75 Å². The quantitative estimate of drug-likeness (QED) is 0.553. The maximum Gasteiger partial charge on any atom is 0.160 e. The van der Waals surface area contributed by atoms with Gasteiger partial charge in [0.1, 0.15) is 5.52 Å². The minimum absolute atomic E-state index is 0.0443. The number of anilines is 1. The maximum absolute atomic E-state index is 10.2. The standard InChI is InChI=1S/C22H20Cl2N2O/c23-19-14-20(24)22(27)21-18(19)11-8-16(25-21)7-4-15-5-9-17(10-6-15)26-12-2-1-3-13-26/h4-11,14,27H,1-3,12-13H2/b7-4+. The van der Waals surface area contributed by atoms with Gasteiger partial charge in [-0.05, 0) is 61.2 Å². The third-order valence-electron chi connectivity index (χ3n) is 4.94. The first-order valence-electron chi connectivity index (χ1n) is 9.12. The predicted octanol–water partition coefficient (Wildman–Crippen LogP) is 6.41. The Bertz CT molecular complexity index is 993. The van der Waals surface area contributed by atoms with Crippen LogP contribution < -0.4 is 4.90 Å². The molecule has 1 aliphatic heterocycles. The van der Waals surface area contributed by atoms with Gasteiger partial charge in [0.2, 0.25) is 0 Å². The van der Waals surface area contributed by atoms with Crippen LogP contribution in [0.5, 0.6) is 5.75 Å². The van der Waals surface area contributed by atoms with Gasteiger partial charge in [-0.25, -0.2) is 4.98 Å². The fraction of sp³-hybridized carbons (Fsp3) is 0.227. The topological polar surface area (TPSA) is 36.4 Å². The molecule has 1 aromatic heterocycles. The second kappa shape index (κ2) is 7.79. The zero-order valence-electron chi connectivity index (χ0n) is 14.8. The molecule has 138 valence electrons. The van der Waals surface area contributed by atoms with E-state index in [4.69, 9.17) is 23.2 Å². The molecule has 0 spiro atoms. The summed E-state index contributed by atoms with van der Waals surface area (Å²) in [4.78, 5) is 6.93. The molecular weight excluding hydrogens is 379 g/mol. The Labute approximate surface area is 168 Å². The molecule has 1 saturated heterocycles. The van der Waals surface area contributed by atoms with E-state index < -0.39 is 0 Å². The Kier molecular flexibility index (Phi) is 5.24. The molecule has 0 amide bonds. The highest BCUT2D eigenvalue weighted by atomic mass is 35.5. The molecule has 0 aliphatic carbocycles. The van der Waals surface area contributed by atoms with Gasteiger partial charge in [-0.3, -0.25) is 0 Å². The fourth-order valence-corrected chi connectivity index (χ4v) is 3.96. The monoisotopic (exact) mass is 398 g/mol. The molecule has 0 atom stereocenters. The third-order valence-corrected chi connectivity index (χ3v) is 5.54. The zero-order valence-corrected chi connectivity index (χ0v) is 16.3. The number of aromatic hydroxyl groups is 1. The predicted molar refractivity (Wildman–Crippen MR) is 115 cm³/mol. The SMILES string of the molecule is Oc1c(Cl)cc(Cl)c2ccc(/C=C/c3ccc(N4CCCCC4)cc3)nc12. The average Bonchev–Trinajstić information content (AvgIpc) is 2.71. The Morgan fingerprint density at radius 2 is 1.63 bits per heavy atom. The van der Waals surface area contributed by atoms with Crippen LogP contribution in [0, 0.1) is 0 Å². The van der Waals surface area contributed by atoms with Crippen molar-refractivity contribution in [2.45, 2.75) is 19.3 Å². The molecule has 3 nitrogen and oxygen atoms in total. The molecule has 3 aromatic rings. The van der Waals surface area contributed by atoms with E-state index in [9.17, 15) is 5.11 Å². The van der Waals surface area contributed by atoms with Crippen molar-refractivity contribution in [2.75, 3.05) is 18.0 Å². The van der Waals surface area contributed by atoms with Gasteiger partial charge in [0.25, 0.3) is 0 Å². The van der Waals surface area contributed by atoms with E-state index in [2.05, 4.69) is 34.1 Å². The van der Waals surface area contributed by atoms with Gasteiger partial charge in [0.05, 0.1) is 15.7 Å². The van der Waals surface area contributed by atoms with Crippen LogP contribution in [0.4, 0.5) is 5.69 Å². The van der Waals surface area contributed by atoms with Crippen molar-refractivity contribution in [3.63, 3.8) is 0 Å². The lowest BCUT2D eigenvalue weighted by atomic mass is 10.1. The number of benzene rings is 2. The molecule has 0 saturated carbocycles. The highest BCUT2D eigenvalue weighted by molar-refractivity contribution is 6.39. The van der Waals surface area contributed by atoms with Gasteiger partial charge in [-0.15, -0.1) is 0 Å². The van der Waals surface area contributed by atoms with Crippen LogP contribution in [0.1, 0.15) is 30.5 Å². The van der Waals surface area contributed by atoms with Gasteiger partial charge < -0.3 is 10.0 Å². The maximum atomic E-state index is 10.2. The van der Waals surface area contributed by atoms with E-state index >= 15 is 0 Å². The van der Waals surface area contributed by atoms with E-state index in [0.717, 1.165) is 24.3 Å². The van der Waals surface area contributed by atoms with E-state index in [1.807, 2.05) is 24.3 Å². The Morgan fingerprint density at radius 1 is 0.889 bits per heavy atom. The van der Waals surface area contributed by atoms with E-state index in [-0.39, 0.29) is 10.8 Å². The van der Waals surface area contributed by atoms with E-state index in [1.165, 1.54) is 31.0 Å². The number of hydrogen-bond donors (Lipinski definition) is 1. The number of pyridine rings is 1. The normalized spacial score (nSPS) is 15.0. The number of hydrogen-bond acceptors (Lipinski definition) is 3. The number of phenols is 1. The lowest BCUT2D eigenvalue weighted by molar-refractivity contribution is 0.480. The molecule has 0 bridgehead atoms. The van der Waals surface area contributed by atoms with Crippen molar-refractivity contribution in [3.05, 3.63) is 63.8 Å². The molecule has 1 fully saturated rings. The summed E-state index contributed by atoms with van der Waals surface area (Å²) in [5.41, 5.74) is 3.53.